The normalized spacial score (nSPS) is 10.9. The maximum Gasteiger partial charge on any atom is 0.101 e. The highest BCUT2D eigenvalue weighted by Crippen LogP contribution is 2.10. The van der Waals surface area contributed by atoms with Crippen molar-refractivity contribution in [2.24, 2.45) is 0 Å². The van der Waals surface area contributed by atoms with Crippen LogP contribution in [-0.4, -0.2) is 15.0 Å². The number of rotatable bonds is 7. The maximum absolute atomic E-state index is 5.79. The molecule has 3 nitrogen and oxygen atoms in total. The summed E-state index contributed by atoms with van der Waals surface area (Å²) in [5, 5.41) is 8.22. The van der Waals surface area contributed by atoms with Crippen LogP contribution in [0.4, 0.5) is 0 Å². The molecule has 0 aliphatic carbocycles. The van der Waals surface area contributed by atoms with Crippen LogP contribution in [0, 0.1) is 0 Å². The molecule has 15 heavy (non-hydrogen) atoms. The Kier molecular flexibility index (Phi) is 5.69. The third-order valence-electron chi connectivity index (χ3n) is 2.60. The van der Waals surface area contributed by atoms with Gasteiger partial charge in [0.1, 0.15) is 5.69 Å². The van der Waals surface area contributed by atoms with Crippen LogP contribution in [-0.2, 0) is 18.8 Å². The average molecular weight is 230 g/mol. The monoisotopic (exact) mass is 229 g/mol. The van der Waals surface area contributed by atoms with Gasteiger partial charge in [0, 0.05) is 6.54 Å². The molecule has 1 rings (SSSR count). The molecule has 1 aromatic heterocycles. The first-order valence-electron chi connectivity index (χ1n) is 5.80. The Balaban J connectivity index is 2.49. The van der Waals surface area contributed by atoms with E-state index >= 15 is 0 Å². The number of unbranched alkanes of at least 4 members (excludes halogenated alkanes) is 3. The van der Waals surface area contributed by atoms with E-state index in [-0.39, 0.29) is 0 Å². The SMILES string of the molecule is CCCCCCn1nnc(CCl)c1CC. The smallest absolute Gasteiger partial charge is 0.101 e. The van der Waals surface area contributed by atoms with Crippen LogP contribution < -0.4 is 0 Å². The zero-order chi connectivity index (χ0) is 11.1. The van der Waals surface area contributed by atoms with Crippen molar-refractivity contribution in [2.45, 2.75) is 58.4 Å². The molecule has 0 fully saturated rings. The van der Waals surface area contributed by atoms with E-state index in [0.717, 1.165) is 18.7 Å². The molecule has 0 amide bonds. The Labute approximate surface area is 96.8 Å². The summed E-state index contributed by atoms with van der Waals surface area (Å²) < 4.78 is 2.01. The van der Waals surface area contributed by atoms with Gasteiger partial charge in [0.05, 0.1) is 11.6 Å². The molecule has 0 aromatic carbocycles. The first-order chi connectivity index (χ1) is 7.33. The first-order valence-corrected chi connectivity index (χ1v) is 6.34. The lowest BCUT2D eigenvalue weighted by atomic mass is 10.2. The molecule has 0 saturated carbocycles. The van der Waals surface area contributed by atoms with E-state index < -0.39 is 0 Å². The van der Waals surface area contributed by atoms with Gasteiger partial charge in [0.2, 0.25) is 0 Å². The second-order valence-electron chi connectivity index (χ2n) is 3.75. The Bertz CT molecular complexity index is 283. The van der Waals surface area contributed by atoms with Crippen LogP contribution in [0.5, 0.6) is 0 Å². The van der Waals surface area contributed by atoms with Crippen molar-refractivity contribution >= 4 is 11.6 Å². The molecule has 0 atom stereocenters. The van der Waals surface area contributed by atoms with E-state index in [1.165, 1.54) is 31.4 Å². The number of aryl methyl sites for hydroxylation is 1. The van der Waals surface area contributed by atoms with Crippen LogP contribution >= 0.6 is 11.6 Å². The van der Waals surface area contributed by atoms with Gasteiger partial charge in [-0.15, -0.1) is 16.7 Å². The van der Waals surface area contributed by atoms with E-state index in [0.29, 0.717) is 5.88 Å². The molecule has 0 bridgehead atoms. The van der Waals surface area contributed by atoms with Gasteiger partial charge in [-0.2, -0.15) is 0 Å². The minimum atomic E-state index is 0.470. The van der Waals surface area contributed by atoms with E-state index in [1.807, 2.05) is 4.68 Å². The van der Waals surface area contributed by atoms with E-state index in [4.69, 9.17) is 11.6 Å². The highest BCUT2D eigenvalue weighted by Gasteiger charge is 2.09. The number of aromatic nitrogens is 3. The van der Waals surface area contributed by atoms with Crippen molar-refractivity contribution in [3.05, 3.63) is 11.4 Å². The summed E-state index contributed by atoms with van der Waals surface area (Å²) in [5.41, 5.74) is 2.14. The van der Waals surface area contributed by atoms with Crippen LogP contribution in [0.3, 0.4) is 0 Å². The molecule has 1 aromatic rings. The zero-order valence-corrected chi connectivity index (χ0v) is 10.4. The molecular formula is C11H20ClN3. The predicted octanol–water partition coefficient (Wildman–Crippen LogP) is 3.16. The molecule has 1 heterocycles. The van der Waals surface area contributed by atoms with Crippen LogP contribution in [0.25, 0.3) is 0 Å². The van der Waals surface area contributed by atoms with Gasteiger partial charge in [-0.3, -0.25) is 0 Å². The van der Waals surface area contributed by atoms with Gasteiger partial charge in [-0.05, 0) is 12.8 Å². The number of nitrogens with zero attached hydrogens (tertiary/aromatic N) is 3. The molecule has 0 spiro atoms. The second-order valence-corrected chi connectivity index (χ2v) is 4.02. The average Bonchev–Trinajstić information content (AvgIpc) is 2.66. The summed E-state index contributed by atoms with van der Waals surface area (Å²) >= 11 is 5.79. The van der Waals surface area contributed by atoms with E-state index in [9.17, 15) is 0 Å². The summed E-state index contributed by atoms with van der Waals surface area (Å²) in [6.07, 6.45) is 5.99. The zero-order valence-electron chi connectivity index (χ0n) is 9.67. The van der Waals surface area contributed by atoms with Crippen molar-refractivity contribution in [1.29, 1.82) is 0 Å². The Hall–Kier alpha value is -0.570. The predicted molar refractivity (Wildman–Crippen MR) is 63.1 cm³/mol. The maximum atomic E-state index is 5.79. The lowest BCUT2D eigenvalue weighted by Gasteiger charge is -2.04. The summed E-state index contributed by atoms with van der Waals surface area (Å²) in [6, 6.07) is 0. The van der Waals surface area contributed by atoms with E-state index in [1.54, 1.807) is 0 Å². The third kappa shape index (κ3) is 3.49. The summed E-state index contributed by atoms with van der Waals surface area (Å²) in [5.74, 6) is 0.470. The fourth-order valence-corrected chi connectivity index (χ4v) is 1.93. The Morgan fingerprint density at radius 3 is 2.60 bits per heavy atom. The standard InChI is InChI=1S/C11H20ClN3/c1-3-5-6-7-8-15-11(4-2)10(9-12)13-14-15/h3-9H2,1-2H3. The lowest BCUT2D eigenvalue weighted by Crippen LogP contribution is -2.05. The number of hydrogen-bond donors (Lipinski definition) is 0. The lowest BCUT2D eigenvalue weighted by molar-refractivity contribution is 0.513. The van der Waals surface area contributed by atoms with Crippen molar-refractivity contribution < 1.29 is 0 Å². The van der Waals surface area contributed by atoms with Crippen molar-refractivity contribution in [1.82, 2.24) is 15.0 Å². The first kappa shape index (κ1) is 12.5. The highest BCUT2D eigenvalue weighted by atomic mass is 35.5. The molecule has 0 radical (unpaired) electrons. The molecular weight excluding hydrogens is 210 g/mol. The number of alkyl halides is 1. The minimum absolute atomic E-state index is 0.470. The van der Waals surface area contributed by atoms with Gasteiger partial charge >= 0.3 is 0 Å². The number of hydrogen-bond acceptors (Lipinski definition) is 2. The fourth-order valence-electron chi connectivity index (χ4n) is 1.73. The fraction of sp³-hybridized carbons (Fsp3) is 0.818. The minimum Gasteiger partial charge on any atom is -0.249 e. The molecule has 0 aliphatic heterocycles. The van der Waals surface area contributed by atoms with Gasteiger partial charge in [0.25, 0.3) is 0 Å². The summed E-state index contributed by atoms with van der Waals surface area (Å²) in [4.78, 5) is 0. The van der Waals surface area contributed by atoms with Gasteiger partial charge in [0.15, 0.2) is 0 Å². The van der Waals surface area contributed by atoms with Gasteiger partial charge in [-0.25, -0.2) is 4.68 Å². The van der Waals surface area contributed by atoms with E-state index in [2.05, 4.69) is 24.2 Å². The van der Waals surface area contributed by atoms with Crippen molar-refractivity contribution in [3.63, 3.8) is 0 Å². The van der Waals surface area contributed by atoms with Crippen LogP contribution in [0.15, 0.2) is 0 Å². The van der Waals surface area contributed by atoms with Gasteiger partial charge in [-0.1, -0.05) is 38.3 Å². The molecule has 86 valence electrons. The largest absolute Gasteiger partial charge is 0.249 e. The molecule has 0 unspecified atom stereocenters. The summed E-state index contributed by atoms with van der Waals surface area (Å²) in [7, 11) is 0. The highest BCUT2D eigenvalue weighted by molar-refractivity contribution is 6.16. The molecule has 0 N–H and O–H groups in total. The third-order valence-corrected chi connectivity index (χ3v) is 2.86. The second kappa shape index (κ2) is 6.83. The number of halogens is 1. The van der Waals surface area contributed by atoms with Crippen LogP contribution in [0.1, 0.15) is 50.9 Å². The van der Waals surface area contributed by atoms with Gasteiger partial charge < -0.3 is 0 Å². The molecule has 4 heteroatoms. The van der Waals surface area contributed by atoms with Crippen LogP contribution in [0.2, 0.25) is 0 Å². The molecule has 0 aliphatic rings. The Morgan fingerprint density at radius 2 is 2.00 bits per heavy atom. The topological polar surface area (TPSA) is 30.7 Å². The Morgan fingerprint density at radius 1 is 1.20 bits per heavy atom. The molecule has 0 saturated heterocycles. The van der Waals surface area contributed by atoms with Crippen molar-refractivity contribution in [3.8, 4) is 0 Å². The van der Waals surface area contributed by atoms with Crippen molar-refractivity contribution in [2.75, 3.05) is 0 Å². The summed E-state index contributed by atoms with van der Waals surface area (Å²) in [6.45, 7) is 5.32. The quantitative estimate of drug-likeness (QED) is 0.531.